The van der Waals surface area contributed by atoms with Gasteiger partial charge in [0, 0.05) is 35.6 Å². The van der Waals surface area contributed by atoms with E-state index in [1.165, 1.54) is 22.2 Å². The highest BCUT2D eigenvalue weighted by atomic mass is 16.5. The van der Waals surface area contributed by atoms with Crippen LogP contribution in [0.5, 0.6) is 0 Å². The number of para-hydroxylation sites is 1. The van der Waals surface area contributed by atoms with Crippen molar-refractivity contribution in [3.8, 4) is 0 Å². The Morgan fingerprint density at radius 3 is 3.08 bits per heavy atom. The van der Waals surface area contributed by atoms with Crippen molar-refractivity contribution in [3.63, 3.8) is 0 Å². The monoisotopic (exact) mass is 324 g/mol. The van der Waals surface area contributed by atoms with Gasteiger partial charge >= 0.3 is 0 Å². The molecule has 4 heteroatoms. The lowest BCUT2D eigenvalue weighted by atomic mass is 9.72. The van der Waals surface area contributed by atoms with E-state index in [0.717, 1.165) is 31.5 Å². The fourth-order valence-corrected chi connectivity index (χ4v) is 5.11. The molecule has 0 amide bonds. The normalized spacial score (nSPS) is 32.5. The number of nitrogens with one attached hydrogen (secondary N) is 1. The average Bonchev–Trinajstić information content (AvgIpc) is 3.00. The Balaban J connectivity index is 1.56. The summed E-state index contributed by atoms with van der Waals surface area (Å²) in [5, 5.41) is 11.1. The third-order valence-corrected chi connectivity index (χ3v) is 6.40. The summed E-state index contributed by atoms with van der Waals surface area (Å²) in [5.74, 6) is 0.914. The predicted molar refractivity (Wildman–Crippen MR) is 93.6 cm³/mol. The molecule has 1 unspecified atom stereocenters. The minimum atomic E-state index is 0.111. The van der Waals surface area contributed by atoms with E-state index < -0.39 is 0 Å². The Bertz CT molecular complexity index is 809. The summed E-state index contributed by atoms with van der Waals surface area (Å²) < 4.78 is 5.79. The first-order valence-corrected chi connectivity index (χ1v) is 9.05. The van der Waals surface area contributed by atoms with Gasteiger partial charge in [0.1, 0.15) is 0 Å². The average molecular weight is 324 g/mol. The van der Waals surface area contributed by atoms with Crippen LogP contribution in [0.4, 0.5) is 0 Å². The first kappa shape index (κ1) is 14.6. The van der Waals surface area contributed by atoms with Crippen LogP contribution in [0, 0.1) is 11.8 Å². The fraction of sp³-hybridized carbons (Fsp3) is 0.500. The van der Waals surface area contributed by atoms with Gasteiger partial charge in [-0.2, -0.15) is 0 Å². The number of rotatable bonds is 1. The standard InChI is InChI=1S/C20H24N2O2/c1-12-17-9-22-7-6-15-14-4-2-3-5-18(14)21-20(15)19(22)8-16(17)13(10-23)11-24-12/h2-5,11-12,16-17,19,21,23H,6-10H2,1H3/t12?,16-,17+,19+/m1/s1. The molecule has 3 aliphatic rings. The summed E-state index contributed by atoms with van der Waals surface area (Å²) in [5.41, 5.74) is 5.22. The van der Waals surface area contributed by atoms with Gasteiger partial charge in [0.15, 0.2) is 0 Å². The second-order valence-corrected chi connectivity index (χ2v) is 7.52. The second kappa shape index (κ2) is 5.36. The molecule has 0 radical (unpaired) electrons. The van der Waals surface area contributed by atoms with Crippen molar-refractivity contribution in [2.45, 2.75) is 31.9 Å². The smallest absolute Gasteiger partial charge is 0.0996 e. The lowest BCUT2D eigenvalue weighted by molar-refractivity contribution is -0.0268. The van der Waals surface area contributed by atoms with Gasteiger partial charge in [-0.25, -0.2) is 0 Å². The molecule has 1 aromatic heterocycles. The van der Waals surface area contributed by atoms with Crippen LogP contribution in [0.15, 0.2) is 36.1 Å². The predicted octanol–water partition coefficient (Wildman–Crippen LogP) is 3.00. The van der Waals surface area contributed by atoms with Gasteiger partial charge in [0.05, 0.1) is 25.0 Å². The Morgan fingerprint density at radius 1 is 1.33 bits per heavy atom. The van der Waals surface area contributed by atoms with Crippen molar-refractivity contribution in [1.29, 1.82) is 0 Å². The number of fused-ring (bicyclic) bond motifs is 6. The van der Waals surface area contributed by atoms with Crippen LogP contribution in [0.3, 0.4) is 0 Å². The number of aliphatic hydroxyl groups is 1. The zero-order valence-corrected chi connectivity index (χ0v) is 14.0. The molecule has 3 aliphatic heterocycles. The number of H-pyrrole nitrogens is 1. The zero-order chi connectivity index (χ0) is 16.3. The second-order valence-electron chi connectivity index (χ2n) is 7.52. The van der Waals surface area contributed by atoms with E-state index in [1.807, 2.05) is 6.26 Å². The number of piperidine rings is 1. The number of aromatic amines is 1. The molecule has 5 rings (SSSR count). The maximum absolute atomic E-state index is 9.75. The highest BCUT2D eigenvalue weighted by Gasteiger charge is 2.44. The number of benzene rings is 1. The number of aromatic nitrogens is 1. The van der Waals surface area contributed by atoms with Crippen LogP contribution in [-0.2, 0) is 11.2 Å². The summed E-state index contributed by atoms with van der Waals surface area (Å²) in [6.45, 7) is 4.46. The number of aliphatic hydroxyl groups excluding tert-OH is 1. The Labute approximate surface area is 142 Å². The number of hydrogen-bond donors (Lipinski definition) is 2. The van der Waals surface area contributed by atoms with Crippen molar-refractivity contribution in [3.05, 3.63) is 47.4 Å². The van der Waals surface area contributed by atoms with Crippen LogP contribution in [-0.4, -0.2) is 40.8 Å². The quantitative estimate of drug-likeness (QED) is 0.848. The molecule has 1 fully saturated rings. The molecular formula is C20H24N2O2. The molecule has 4 nitrogen and oxygen atoms in total. The molecule has 2 N–H and O–H groups in total. The first-order valence-electron chi connectivity index (χ1n) is 9.05. The van der Waals surface area contributed by atoms with Gasteiger partial charge in [-0.1, -0.05) is 18.2 Å². The topological polar surface area (TPSA) is 48.5 Å². The van der Waals surface area contributed by atoms with E-state index in [-0.39, 0.29) is 12.7 Å². The van der Waals surface area contributed by atoms with Crippen LogP contribution in [0.25, 0.3) is 10.9 Å². The summed E-state index contributed by atoms with van der Waals surface area (Å²) in [6.07, 6.45) is 4.24. The van der Waals surface area contributed by atoms with Gasteiger partial charge in [-0.05, 0) is 42.9 Å². The van der Waals surface area contributed by atoms with E-state index in [9.17, 15) is 5.11 Å². The molecule has 0 aliphatic carbocycles. The molecular weight excluding hydrogens is 300 g/mol. The third-order valence-electron chi connectivity index (χ3n) is 6.40. The molecule has 24 heavy (non-hydrogen) atoms. The highest BCUT2D eigenvalue weighted by molar-refractivity contribution is 5.85. The number of ether oxygens (including phenoxy) is 1. The van der Waals surface area contributed by atoms with Crippen molar-refractivity contribution in [2.75, 3.05) is 19.7 Å². The molecule has 4 atom stereocenters. The van der Waals surface area contributed by atoms with Gasteiger partial charge in [0.2, 0.25) is 0 Å². The minimum Gasteiger partial charge on any atom is -0.498 e. The third kappa shape index (κ3) is 1.99. The maximum atomic E-state index is 9.75. The van der Waals surface area contributed by atoms with E-state index in [4.69, 9.17) is 4.74 Å². The fourth-order valence-electron chi connectivity index (χ4n) is 5.11. The summed E-state index contributed by atoms with van der Waals surface area (Å²) in [6, 6.07) is 9.08. The molecule has 0 saturated carbocycles. The summed E-state index contributed by atoms with van der Waals surface area (Å²) in [7, 11) is 0. The first-order chi connectivity index (χ1) is 11.8. The Kier molecular flexibility index (Phi) is 3.25. The van der Waals surface area contributed by atoms with Crippen LogP contribution >= 0.6 is 0 Å². The Morgan fingerprint density at radius 2 is 2.21 bits per heavy atom. The molecule has 1 aromatic carbocycles. The number of nitrogens with zero attached hydrogens (tertiary/aromatic N) is 1. The van der Waals surface area contributed by atoms with Crippen LogP contribution in [0.2, 0.25) is 0 Å². The van der Waals surface area contributed by atoms with Gasteiger partial charge in [-0.3, -0.25) is 4.90 Å². The molecule has 2 aromatic rings. The minimum absolute atomic E-state index is 0.111. The van der Waals surface area contributed by atoms with E-state index in [1.54, 1.807) is 0 Å². The lowest BCUT2D eigenvalue weighted by Crippen LogP contribution is -2.51. The Hall–Kier alpha value is -1.78. The molecule has 0 spiro atoms. The number of hydrogen-bond acceptors (Lipinski definition) is 3. The lowest BCUT2D eigenvalue weighted by Gasteiger charge is -2.49. The van der Waals surface area contributed by atoms with E-state index in [2.05, 4.69) is 41.1 Å². The maximum Gasteiger partial charge on any atom is 0.0996 e. The van der Waals surface area contributed by atoms with Gasteiger partial charge in [-0.15, -0.1) is 0 Å². The van der Waals surface area contributed by atoms with Crippen molar-refractivity contribution in [1.82, 2.24) is 9.88 Å². The molecule has 4 heterocycles. The zero-order valence-electron chi connectivity index (χ0n) is 14.0. The summed E-state index contributed by atoms with van der Waals surface area (Å²) in [4.78, 5) is 6.32. The van der Waals surface area contributed by atoms with Crippen LogP contribution < -0.4 is 0 Å². The SMILES string of the molecule is CC1OC=C(CO)[C@H]2C[C@H]3c4[nH]c5ccccc5c4CCN3C[C@@H]12. The van der Waals surface area contributed by atoms with Crippen molar-refractivity contribution >= 4 is 10.9 Å². The van der Waals surface area contributed by atoms with Crippen molar-refractivity contribution < 1.29 is 9.84 Å². The van der Waals surface area contributed by atoms with Gasteiger partial charge < -0.3 is 14.8 Å². The van der Waals surface area contributed by atoms with E-state index >= 15 is 0 Å². The molecule has 0 bridgehead atoms. The highest BCUT2D eigenvalue weighted by Crippen LogP contribution is 2.47. The summed E-state index contributed by atoms with van der Waals surface area (Å²) >= 11 is 0. The largest absolute Gasteiger partial charge is 0.498 e. The van der Waals surface area contributed by atoms with E-state index in [0.29, 0.717) is 17.9 Å². The van der Waals surface area contributed by atoms with Crippen molar-refractivity contribution in [2.24, 2.45) is 11.8 Å². The molecule has 1 saturated heterocycles. The van der Waals surface area contributed by atoms with Crippen LogP contribution in [0.1, 0.15) is 30.6 Å². The van der Waals surface area contributed by atoms with Gasteiger partial charge in [0.25, 0.3) is 0 Å². The molecule has 126 valence electrons.